The first kappa shape index (κ1) is 25.9. The quantitative estimate of drug-likeness (QED) is 0.148. The number of alkyl halides is 2. The van der Waals surface area contributed by atoms with Crippen LogP contribution in [0.15, 0.2) is 42.5 Å². The molecule has 0 spiro atoms. The summed E-state index contributed by atoms with van der Waals surface area (Å²) in [6.45, 7) is 2.36. The third-order valence-electron chi connectivity index (χ3n) is 4.59. The summed E-state index contributed by atoms with van der Waals surface area (Å²) in [6.07, 6.45) is -3.06. The number of hydrogen-bond donors (Lipinski definition) is 0. The van der Waals surface area contributed by atoms with Crippen molar-refractivity contribution in [2.45, 2.75) is 25.9 Å². The molecule has 0 aliphatic carbocycles. The number of halogens is 8. The van der Waals surface area contributed by atoms with Gasteiger partial charge in [-0.3, -0.25) is 0 Å². The minimum absolute atomic E-state index is 0.0939. The van der Waals surface area contributed by atoms with Crippen molar-refractivity contribution in [2.75, 3.05) is 6.61 Å². The molecule has 0 heterocycles. The maximum Gasteiger partial charge on any atom is 0.432 e. The zero-order valence-corrected chi connectivity index (χ0v) is 18.0. The van der Waals surface area contributed by atoms with Crippen LogP contribution in [-0.2, 0) is 6.11 Å². The fourth-order valence-electron chi connectivity index (χ4n) is 2.87. The Bertz CT molecular complexity index is 1250. The highest BCUT2D eigenvalue weighted by Gasteiger charge is 2.41. The average molecular weight is 500 g/mol. The predicted octanol–water partition coefficient (Wildman–Crippen LogP) is 7.23. The summed E-state index contributed by atoms with van der Waals surface area (Å²) in [7, 11) is 0. The molecule has 3 aromatic carbocycles. The highest BCUT2D eigenvalue weighted by molar-refractivity contribution is 5.46. The van der Waals surface area contributed by atoms with Gasteiger partial charge in [0.05, 0.1) is 12.2 Å². The first-order chi connectivity index (χ1) is 16.5. The first-order valence-electron chi connectivity index (χ1n) is 10.2. The Morgan fingerprint density at radius 3 is 1.91 bits per heavy atom. The van der Waals surface area contributed by atoms with E-state index in [2.05, 4.69) is 16.6 Å². The molecule has 0 fully saturated rings. The van der Waals surface area contributed by atoms with Gasteiger partial charge in [-0.05, 0) is 30.7 Å². The molecule has 0 aliphatic heterocycles. The molecule has 3 rings (SSSR count). The van der Waals surface area contributed by atoms with E-state index in [1.54, 1.807) is 0 Å². The fraction of sp³-hybridized carbons (Fsp3) is 0.200. The molecule has 0 saturated heterocycles. The van der Waals surface area contributed by atoms with Gasteiger partial charge in [0.1, 0.15) is 34.5 Å². The third-order valence-corrected chi connectivity index (χ3v) is 4.59. The van der Waals surface area contributed by atoms with Crippen molar-refractivity contribution in [2.24, 2.45) is 0 Å². The average Bonchev–Trinajstić information content (AvgIpc) is 2.76. The van der Waals surface area contributed by atoms with Crippen LogP contribution in [0.5, 0.6) is 11.5 Å². The van der Waals surface area contributed by atoms with Gasteiger partial charge in [0.15, 0.2) is 17.5 Å². The van der Waals surface area contributed by atoms with Crippen molar-refractivity contribution in [3.05, 3.63) is 94.1 Å². The van der Waals surface area contributed by atoms with Crippen LogP contribution in [0.4, 0.5) is 35.1 Å². The SMILES string of the molecule is CCCCOc1ccc(C#Cc2cc(F)c(C(F)(F)Oc3cc(F)c(F)c(F)c3)c(F)c2)c(F)c1. The molecule has 35 heavy (non-hydrogen) atoms. The van der Waals surface area contributed by atoms with Gasteiger partial charge in [-0.15, -0.1) is 0 Å². The van der Waals surface area contributed by atoms with Crippen molar-refractivity contribution in [3.8, 4) is 23.3 Å². The number of rotatable bonds is 7. The monoisotopic (exact) mass is 500 g/mol. The lowest BCUT2D eigenvalue weighted by atomic mass is 10.1. The molecule has 0 amide bonds. The van der Waals surface area contributed by atoms with Crippen LogP contribution < -0.4 is 9.47 Å². The maximum absolute atomic E-state index is 14.4. The van der Waals surface area contributed by atoms with Crippen molar-refractivity contribution >= 4 is 0 Å². The van der Waals surface area contributed by atoms with Crippen molar-refractivity contribution in [1.29, 1.82) is 0 Å². The lowest BCUT2D eigenvalue weighted by Gasteiger charge is -2.19. The van der Waals surface area contributed by atoms with E-state index in [9.17, 15) is 35.1 Å². The molecule has 0 aliphatic rings. The first-order valence-corrected chi connectivity index (χ1v) is 10.2. The zero-order valence-electron chi connectivity index (χ0n) is 18.0. The van der Waals surface area contributed by atoms with E-state index in [-0.39, 0.29) is 23.4 Å². The van der Waals surface area contributed by atoms with Crippen LogP contribution >= 0.6 is 0 Å². The third kappa shape index (κ3) is 6.23. The number of ether oxygens (including phenoxy) is 2. The van der Waals surface area contributed by atoms with Crippen LogP contribution in [0.2, 0.25) is 0 Å². The Morgan fingerprint density at radius 1 is 0.743 bits per heavy atom. The Balaban J connectivity index is 1.84. The summed E-state index contributed by atoms with van der Waals surface area (Å²) < 4.78 is 121. The van der Waals surface area contributed by atoms with E-state index >= 15 is 0 Å². The van der Waals surface area contributed by atoms with Crippen molar-refractivity contribution < 1.29 is 44.6 Å². The van der Waals surface area contributed by atoms with E-state index in [1.807, 2.05) is 6.92 Å². The molecule has 3 aromatic rings. The molecule has 0 saturated carbocycles. The van der Waals surface area contributed by atoms with Gasteiger partial charge in [0.25, 0.3) is 0 Å². The van der Waals surface area contributed by atoms with Crippen molar-refractivity contribution in [3.63, 3.8) is 0 Å². The standard InChI is InChI=1S/C25H16F8O2/c1-2-3-8-34-16-7-6-15(18(26)11-16)5-4-14-9-19(27)23(20(28)10-14)25(32,33)35-17-12-21(29)24(31)22(30)13-17/h6-7,9-13H,2-3,8H2,1H3. The molecule has 0 atom stereocenters. The molecule has 0 N–H and O–H groups in total. The molecule has 184 valence electrons. The Morgan fingerprint density at radius 2 is 1.34 bits per heavy atom. The smallest absolute Gasteiger partial charge is 0.432 e. The Labute approximate surface area is 195 Å². The van der Waals surface area contributed by atoms with E-state index in [4.69, 9.17) is 4.74 Å². The normalized spacial score (nSPS) is 11.1. The van der Waals surface area contributed by atoms with Gasteiger partial charge in [-0.2, -0.15) is 8.78 Å². The van der Waals surface area contributed by atoms with Gasteiger partial charge in [-0.25, -0.2) is 26.3 Å². The zero-order chi connectivity index (χ0) is 25.8. The van der Waals surface area contributed by atoms with E-state index in [0.29, 0.717) is 18.7 Å². The predicted molar refractivity (Wildman–Crippen MR) is 110 cm³/mol. The minimum atomic E-state index is -4.73. The fourth-order valence-corrected chi connectivity index (χ4v) is 2.87. The molecule has 10 heteroatoms. The molecule has 0 radical (unpaired) electrons. The summed E-state index contributed by atoms with van der Waals surface area (Å²) in [5.41, 5.74) is -2.40. The Hall–Kier alpha value is -3.74. The van der Waals surface area contributed by atoms with Gasteiger partial charge in [-0.1, -0.05) is 25.2 Å². The topological polar surface area (TPSA) is 18.5 Å². The molecule has 0 unspecified atom stereocenters. The Kier molecular flexibility index (Phi) is 7.89. The molecule has 2 nitrogen and oxygen atoms in total. The second kappa shape index (κ2) is 10.7. The second-order valence-electron chi connectivity index (χ2n) is 7.23. The summed E-state index contributed by atoms with van der Waals surface area (Å²) in [6, 6.07) is 4.92. The van der Waals surface area contributed by atoms with Crippen LogP contribution in [0.25, 0.3) is 0 Å². The lowest BCUT2D eigenvalue weighted by molar-refractivity contribution is -0.189. The summed E-state index contributed by atoms with van der Waals surface area (Å²) in [5.74, 6) is -6.27. The summed E-state index contributed by atoms with van der Waals surface area (Å²) >= 11 is 0. The highest BCUT2D eigenvalue weighted by atomic mass is 19.3. The van der Waals surface area contributed by atoms with Crippen molar-refractivity contribution in [1.82, 2.24) is 0 Å². The minimum Gasteiger partial charge on any atom is -0.493 e. The number of hydrogen-bond acceptors (Lipinski definition) is 2. The van der Waals surface area contributed by atoms with E-state index in [1.165, 1.54) is 12.1 Å². The maximum atomic E-state index is 14.4. The highest BCUT2D eigenvalue weighted by Crippen LogP contribution is 2.36. The largest absolute Gasteiger partial charge is 0.493 e. The second-order valence-corrected chi connectivity index (χ2v) is 7.23. The van der Waals surface area contributed by atoms with Gasteiger partial charge >= 0.3 is 6.11 Å². The van der Waals surface area contributed by atoms with Gasteiger partial charge < -0.3 is 9.47 Å². The summed E-state index contributed by atoms with van der Waals surface area (Å²) in [4.78, 5) is 0. The number of unbranched alkanes of at least 4 members (excludes halogenated alkanes) is 1. The molecular formula is C25H16F8O2. The van der Waals surface area contributed by atoms with E-state index in [0.717, 1.165) is 18.9 Å². The van der Waals surface area contributed by atoms with Crippen LogP contribution in [0.1, 0.15) is 36.5 Å². The molecule has 0 bridgehead atoms. The van der Waals surface area contributed by atoms with Gasteiger partial charge in [0.2, 0.25) is 0 Å². The summed E-state index contributed by atoms with van der Waals surface area (Å²) in [5, 5.41) is 0. The van der Waals surface area contributed by atoms with Crippen LogP contribution in [-0.4, -0.2) is 6.61 Å². The van der Waals surface area contributed by atoms with Gasteiger partial charge in [0, 0.05) is 23.8 Å². The van der Waals surface area contributed by atoms with Crippen LogP contribution in [0, 0.1) is 46.7 Å². The number of benzene rings is 3. The lowest BCUT2D eigenvalue weighted by Crippen LogP contribution is -2.25. The van der Waals surface area contributed by atoms with E-state index < -0.39 is 57.9 Å². The van der Waals surface area contributed by atoms with Crippen LogP contribution in [0.3, 0.4) is 0 Å². The molecular weight excluding hydrogens is 484 g/mol. The molecule has 0 aromatic heterocycles.